The van der Waals surface area contributed by atoms with Crippen molar-refractivity contribution in [3.8, 4) is 0 Å². The van der Waals surface area contributed by atoms with Crippen LogP contribution < -0.4 is 16.6 Å². The Labute approximate surface area is 186 Å². The molecule has 0 radical (unpaired) electrons. The maximum atomic E-state index is 12.9. The minimum atomic E-state index is -3.61. The molecule has 1 heterocycles. The van der Waals surface area contributed by atoms with E-state index >= 15 is 0 Å². The summed E-state index contributed by atoms with van der Waals surface area (Å²) in [5.74, 6) is 0.0669. The van der Waals surface area contributed by atoms with E-state index in [-0.39, 0.29) is 27.7 Å². The lowest BCUT2D eigenvalue weighted by atomic mass is 9.99. The molecule has 2 unspecified atom stereocenters. The zero-order valence-electron chi connectivity index (χ0n) is 18.7. The summed E-state index contributed by atoms with van der Waals surface area (Å²) in [6.07, 6.45) is 0. The second-order valence-corrected chi connectivity index (χ2v) is 9.80. The Kier molecular flexibility index (Phi) is 6.65. The van der Waals surface area contributed by atoms with Gasteiger partial charge in [-0.15, -0.1) is 5.10 Å². The van der Waals surface area contributed by atoms with Crippen molar-refractivity contribution in [2.45, 2.75) is 28.8 Å². The Morgan fingerprint density at radius 3 is 2.06 bits per heavy atom. The van der Waals surface area contributed by atoms with Crippen LogP contribution in [0.2, 0.25) is 0 Å². The second kappa shape index (κ2) is 9.09. The number of nitrogens with zero attached hydrogens (tertiary/aromatic N) is 4. The third-order valence-electron chi connectivity index (χ3n) is 5.30. The van der Waals surface area contributed by atoms with Gasteiger partial charge in [0.25, 0.3) is 5.56 Å². The Balaban J connectivity index is 1.91. The van der Waals surface area contributed by atoms with Gasteiger partial charge in [-0.3, -0.25) is 9.36 Å². The number of hydrogen-bond donors (Lipinski definition) is 1. The highest BCUT2D eigenvalue weighted by molar-refractivity contribution is 7.91. The van der Waals surface area contributed by atoms with E-state index in [1.54, 1.807) is 54.6 Å². The average Bonchev–Trinajstić information content (AvgIpc) is 2.77. The molecule has 10 heteroatoms. The van der Waals surface area contributed by atoms with E-state index in [2.05, 4.69) is 10.4 Å². The first-order valence-corrected chi connectivity index (χ1v) is 11.5. The monoisotopic (exact) mass is 457 g/mol. The van der Waals surface area contributed by atoms with Gasteiger partial charge in [-0.2, -0.15) is 0 Å². The minimum absolute atomic E-state index is 0.0669. The molecule has 1 N–H and O–H groups in total. The molecule has 0 spiro atoms. The van der Waals surface area contributed by atoms with Gasteiger partial charge >= 0.3 is 5.69 Å². The molecule has 0 saturated carbocycles. The van der Waals surface area contributed by atoms with Gasteiger partial charge in [0.1, 0.15) is 0 Å². The molecule has 3 rings (SSSR count). The number of anilines is 1. The Hall–Kier alpha value is -3.24. The van der Waals surface area contributed by atoms with E-state index < -0.39 is 21.1 Å². The smallest absolute Gasteiger partial charge is 0.346 e. The van der Waals surface area contributed by atoms with E-state index in [1.165, 1.54) is 14.1 Å². The topological polar surface area (TPSA) is 106 Å². The average molecular weight is 458 g/mol. The predicted octanol–water partition coefficient (Wildman–Crippen LogP) is 1.42. The normalized spacial score (nSPS) is 13.7. The molecule has 0 bridgehead atoms. The minimum Gasteiger partial charge on any atom is -0.360 e. The lowest BCUT2D eigenvalue weighted by Gasteiger charge is -2.31. The number of likely N-dealkylation sites (N-methyl/N-ethyl adjacent to an activating group) is 1. The van der Waals surface area contributed by atoms with Crippen LogP contribution in [0.5, 0.6) is 0 Å². The van der Waals surface area contributed by atoms with E-state index in [0.29, 0.717) is 0 Å². The van der Waals surface area contributed by atoms with Crippen molar-refractivity contribution >= 4 is 15.7 Å². The van der Waals surface area contributed by atoms with Gasteiger partial charge in [-0.05, 0) is 50.8 Å². The fraction of sp³-hybridized carbons (Fsp3) is 0.318. The van der Waals surface area contributed by atoms with Gasteiger partial charge in [0.15, 0.2) is 0 Å². The summed E-state index contributed by atoms with van der Waals surface area (Å²) in [7, 11) is 3.06. The molecule has 2 aromatic carbocycles. The van der Waals surface area contributed by atoms with Gasteiger partial charge in [0.05, 0.1) is 15.8 Å². The maximum absolute atomic E-state index is 12.9. The Bertz CT molecular complexity index is 1310. The zero-order valence-corrected chi connectivity index (χ0v) is 19.5. The van der Waals surface area contributed by atoms with E-state index in [0.717, 1.165) is 14.8 Å². The van der Waals surface area contributed by atoms with Gasteiger partial charge in [0, 0.05) is 20.1 Å². The van der Waals surface area contributed by atoms with E-state index in [9.17, 15) is 18.0 Å². The molecule has 0 amide bonds. The van der Waals surface area contributed by atoms with Crippen molar-refractivity contribution in [3.05, 3.63) is 81.0 Å². The third-order valence-corrected chi connectivity index (χ3v) is 7.09. The molecular weight excluding hydrogens is 430 g/mol. The largest absolute Gasteiger partial charge is 0.360 e. The summed E-state index contributed by atoms with van der Waals surface area (Å²) in [5.41, 5.74) is -0.155. The molecule has 0 aliphatic carbocycles. The lowest BCUT2D eigenvalue weighted by Crippen LogP contribution is -2.42. The quantitative estimate of drug-likeness (QED) is 0.572. The first kappa shape index (κ1) is 23.4. The van der Waals surface area contributed by atoms with Gasteiger partial charge in [-0.25, -0.2) is 17.9 Å². The first-order chi connectivity index (χ1) is 15.0. The number of benzene rings is 2. The molecule has 0 saturated heterocycles. The summed E-state index contributed by atoms with van der Waals surface area (Å²) in [5, 5.41) is 7.16. The van der Waals surface area contributed by atoms with Crippen molar-refractivity contribution in [1.29, 1.82) is 0 Å². The third kappa shape index (κ3) is 4.51. The molecule has 9 nitrogen and oxygen atoms in total. The van der Waals surface area contributed by atoms with Gasteiger partial charge < -0.3 is 10.2 Å². The number of hydrogen-bond acceptors (Lipinski definition) is 7. The van der Waals surface area contributed by atoms with Gasteiger partial charge in [0.2, 0.25) is 15.7 Å². The maximum Gasteiger partial charge on any atom is 0.346 e. The van der Waals surface area contributed by atoms with Crippen LogP contribution in [0.1, 0.15) is 18.5 Å². The van der Waals surface area contributed by atoms with Crippen molar-refractivity contribution in [3.63, 3.8) is 0 Å². The van der Waals surface area contributed by atoms with Crippen LogP contribution >= 0.6 is 0 Å². The van der Waals surface area contributed by atoms with Crippen LogP contribution in [0.4, 0.5) is 5.82 Å². The van der Waals surface area contributed by atoms with Gasteiger partial charge in [-0.1, -0.05) is 30.3 Å². The van der Waals surface area contributed by atoms with E-state index in [4.69, 9.17) is 0 Å². The fourth-order valence-corrected chi connectivity index (χ4v) is 4.98. The summed E-state index contributed by atoms with van der Waals surface area (Å²) in [6.45, 7) is 1.89. The van der Waals surface area contributed by atoms with E-state index in [1.807, 2.05) is 25.9 Å². The summed E-state index contributed by atoms with van der Waals surface area (Å²) >= 11 is 0. The number of sulfone groups is 1. The molecule has 0 aliphatic heterocycles. The van der Waals surface area contributed by atoms with Crippen LogP contribution in [0.15, 0.2) is 74.0 Å². The summed E-state index contributed by atoms with van der Waals surface area (Å²) in [6, 6.07) is 14.5. The van der Waals surface area contributed by atoms with Crippen molar-refractivity contribution < 1.29 is 8.42 Å². The molecule has 1 aromatic heterocycles. The summed E-state index contributed by atoms with van der Waals surface area (Å²) < 4.78 is 27.8. The van der Waals surface area contributed by atoms with Crippen molar-refractivity contribution in [2.75, 3.05) is 19.4 Å². The number of aryl methyl sites for hydroxylation is 1. The first-order valence-electron chi connectivity index (χ1n) is 10.0. The van der Waals surface area contributed by atoms with Crippen LogP contribution in [-0.2, 0) is 23.9 Å². The molecule has 170 valence electrons. The Morgan fingerprint density at radius 2 is 1.50 bits per heavy atom. The summed E-state index contributed by atoms with van der Waals surface area (Å²) in [4.78, 5) is 26.7. The SMILES string of the molecule is CC(Nc1nn(C)c(=O)n(C)c1=O)C(c1ccc(S(=O)(=O)c2ccccc2)cc1)N(C)C. The molecule has 0 aliphatic rings. The molecule has 0 fully saturated rings. The second-order valence-electron chi connectivity index (χ2n) is 7.85. The highest BCUT2D eigenvalue weighted by Gasteiger charge is 2.25. The molecule has 2 atom stereocenters. The van der Waals surface area contributed by atoms with Crippen LogP contribution in [-0.4, -0.2) is 47.8 Å². The zero-order chi connectivity index (χ0) is 23.6. The van der Waals surface area contributed by atoms with Crippen LogP contribution in [0.25, 0.3) is 0 Å². The predicted molar refractivity (Wildman–Crippen MR) is 123 cm³/mol. The number of rotatable bonds is 7. The fourth-order valence-electron chi connectivity index (χ4n) is 3.70. The molecule has 3 aromatic rings. The highest BCUT2D eigenvalue weighted by Crippen LogP contribution is 2.27. The highest BCUT2D eigenvalue weighted by atomic mass is 32.2. The number of nitrogens with one attached hydrogen (secondary N) is 1. The van der Waals surface area contributed by atoms with Crippen molar-refractivity contribution in [2.24, 2.45) is 14.1 Å². The molecular formula is C22H27N5O4S. The standard InChI is InChI=1S/C22H27N5O4S/c1-15(23-20-21(28)26(4)22(29)27(5)24-20)19(25(2)3)16-11-13-18(14-12-16)32(30,31)17-9-7-6-8-10-17/h6-15,19H,1-5H3,(H,23,24). The lowest BCUT2D eigenvalue weighted by molar-refractivity contribution is 0.274. The number of aromatic nitrogens is 3. The van der Waals surface area contributed by atoms with Crippen LogP contribution in [0, 0.1) is 0 Å². The Morgan fingerprint density at radius 1 is 0.938 bits per heavy atom. The molecule has 32 heavy (non-hydrogen) atoms. The van der Waals surface area contributed by atoms with Crippen molar-refractivity contribution in [1.82, 2.24) is 19.2 Å². The van der Waals surface area contributed by atoms with Crippen LogP contribution in [0.3, 0.4) is 0 Å².